The molecule has 3 unspecified atom stereocenters. The second-order valence-electron chi connectivity index (χ2n) is 13.2. The van der Waals surface area contributed by atoms with Gasteiger partial charge < -0.3 is 14.8 Å². The highest BCUT2D eigenvalue weighted by atomic mass is 15.3. The lowest BCUT2D eigenvalue weighted by Crippen LogP contribution is -2.46. The summed E-state index contributed by atoms with van der Waals surface area (Å²) in [6, 6.07) is 56.3. The van der Waals surface area contributed by atoms with Gasteiger partial charge in [-0.25, -0.2) is 4.99 Å². The Morgan fingerprint density at radius 3 is 2.12 bits per heavy atom. The molecule has 3 atom stereocenters. The van der Waals surface area contributed by atoms with E-state index in [1.807, 2.05) is 0 Å². The van der Waals surface area contributed by atoms with Crippen LogP contribution in [0.15, 0.2) is 187 Å². The van der Waals surface area contributed by atoms with Gasteiger partial charge in [-0.1, -0.05) is 140 Å². The molecule has 1 aliphatic carbocycles. The summed E-state index contributed by atoms with van der Waals surface area (Å²) in [5, 5.41) is 6.29. The van der Waals surface area contributed by atoms with Crippen molar-refractivity contribution in [3.63, 3.8) is 0 Å². The van der Waals surface area contributed by atoms with E-state index in [9.17, 15) is 0 Å². The van der Waals surface area contributed by atoms with Crippen molar-refractivity contribution < 1.29 is 0 Å². The molecule has 3 heterocycles. The first-order valence-corrected chi connectivity index (χ1v) is 17.3. The molecular formula is C46H34N4. The summed E-state index contributed by atoms with van der Waals surface area (Å²) in [4.78, 5) is 7.77. The minimum atomic E-state index is -0.0997. The zero-order valence-electron chi connectivity index (χ0n) is 27.4. The number of anilines is 1. The highest BCUT2D eigenvalue weighted by Gasteiger charge is 2.41. The molecule has 0 spiro atoms. The number of allylic oxidation sites excluding steroid dienone is 2. The lowest BCUT2D eigenvalue weighted by Gasteiger charge is -2.34. The van der Waals surface area contributed by atoms with Crippen LogP contribution in [0.25, 0.3) is 38.8 Å². The van der Waals surface area contributed by atoms with Gasteiger partial charge in [0, 0.05) is 33.8 Å². The normalized spacial score (nSPS) is 19.4. The number of para-hydroxylation sites is 3. The van der Waals surface area contributed by atoms with Crippen molar-refractivity contribution in [2.45, 2.75) is 18.0 Å². The number of hydrogen-bond donors (Lipinski definition) is 1. The molecule has 0 saturated heterocycles. The van der Waals surface area contributed by atoms with Gasteiger partial charge in [0.25, 0.3) is 0 Å². The SMILES string of the molecule is C1=CC2C(C=C1c1ccc3c(c1)c1ccccc1n3-c1ccccc1)c1ccccc1N2C1=NC(c2ccccc2)C=C(c2ccccc2)N1. The van der Waals surface area contributed by atoms with Crippen molar-refractivity contribution in [3.05, 3.63) is 204 Å². The van der Waals surface area contributed by atoms with Gasteiger partial charge in [-0.3, -0.25) is 0 Å². The molecule has 3 aliphatic rings. The van der Waals surface area contributed by atoms with E-state index in [-0.39, 0.29) is 18.0 Å². The Hall–Kier alpha value is -6.39. The van der Waals surface area contributed by atoms with E-state index in [2.05, 4.69) is 197 Å². The van der Waals surface area contributed by atoms with Crippen LogP contribution in [-0.2, 0) is 0 Å². The summed E-state index contributed by atoms with van der Waals surface area (Å²) >= 11 is 0. The van der Waals surface area contributed by atoms with Gasteiger partial charge >= 0.3 is 0 Å². The summed E-state index contributed by atoms with van der Waals surface area (Å²) in [7, 11) is 0. The Bertz CT molecular complexity index is 2520. The fraction of sp³-hybridized carbons (Fsp3) is 0.0652. The van der Waals surface area contributed by atoms with E-state index in [4.69, 9.17) is 4.99 Å². The van der Waals surface area contributed by atoms with E-state index >= 15 is 0 Å². The van der Waals surface area contributed by atoms with Crippen molar-refractivity contribution in [3.8, 4) is 5.69 Å². The van der Waals surface area contributed by atoms with Crippen molar-refractivity contribution in [2.24, 2.45) is 4.99 Å². The van der Waals surface area contributed by atoms with E-state index in [0.29, 0.717) is 0 Å². The molecule has 238 valence electrons. The Morgan fingerprint density at radius 2 is 1.28 bits per heavy atom. The van der Waals surface area contributed by atoms with Gasteiger partial charge in [0.2, 0.25) is 5.96 Å². The number of guanidine groups is 1. The molecule has 0 amide bonds. The van der Waals surface area contributed by atoms with Gasteiger partial charge in [-0.2, -0.15) is 0 Å². The summed E-state index contributed by atoms with van der Waals surface area (Å²) in [5.41, 5.74) is 12.0. The number of aromatic nitrogens is 1. The average Bonchev–Trinajstić information content (AvgIpc) is 3.71. The van der Waals surface area contributed by atoms with E-state index < -0.39 is 0 Å². The summed E-state index contributed by atoms with van der Waals surface area (Å²) in [6.07, 6.45) is 9.39. The first-order chi connectivity index (χ1) is 24.8. The van der Waals surface area contributed by atoms with E-state index in [0.717, 1.165) is 17.2 Å². The average molecular weight is 643 g/mol. The van der Waals surface area contributed by atoms with E-state index in [1.165, 1.54) is 55.4 Å². The van der Waals surface area contributed by atoms with E-state index in [1.54, 1.807) is 0 Å². The molecule has 0 bridgehead atoms. The quantitative estimate of drug-likeness (QED) is 0.207. The van der Waals surface area contributed by atoms with Crippen LogP contribution in [0, 0.1) is 0 Å². The molecule has 1 N–H and O–H groups in total. The van der Waals surface area contributed by atoms with Crippen LogP contribution in [0.2, 0.25) is 0 Å². The van der Waals surface area contributed by atoms with Crippen molar-refractivity contribution >= 4 is 44.7 Å². The summed E-state index contributed by atoms with van der Waals surface area (Å²) in [5.74, 6) is 1.05. The fourth-order valence-corrected chi connectivity index (χ4v) is 8.05. The lowest BCUT2D eigenvalue weighted by atomic mass is 9.86. The molecule has 50 heavy (non-hydrogen) atoms. The second-order valence-corrected chi connectivity index (χ2v) is 13.2. The third-order valence-corrected chi connectivity index (χ3v) is 10.4. The first-order valence-electron chi connectivity index (χ1n) is 17.3. The smallest absolute Gasteiger partial charge is 0.204 e. The largest absolute Gasteiger partial charge is 0.326 e. The Morgan fingerprint density at radius 1 is 0.580 bits per heavy atom. The maximum absolute atomic E-state index is 5.37. The van der Waals surface area contributed by atoms with Gasteiger partial charge in [0.15, 0.2) is 0 Å². The van der Waals surface area contributed by atoms with Crippen LogP contribution in [0.4, 0.5) is 5.69 Å². The molecular weight excluding hydrogens is 609 g/mol. The lowest BCUT2D eigenvalue weighted by molar-refractivity contribution is 0.740. The maximum Gasteiger partial charge on any atom is 0.204 e. The minimum Gasteiger partial charge on any atom is -0.326 e. The maximum atomic E-state index is 5.37. The van der Waals surface area contributed by atoms with Gasteiger partial charge in [0.1, 0.15) is 0 Å². The highest BCUT2D eigenvalue weighted by Crippen LogP contribution is 2.47. The van der Waals surface area contributed by atoms with Gasteiger partial charge in [-0.15, -0.1) is 0 Å². The number of nitrogens with zero attached hydrogens (tertiary/aromatic N) is 3. The zero-order valence-corrected chi connectivity index (χ0v) is 27.4. The summed E-state index contributed by atoms with van der Waals surface area (Å²) in [6.45, 7) is 0. The van der Waals surface area contributed by atoms with Crippen molar-refractivity contribution in [2.75, 3.05) is 4.90 Å². The standard InChI is InChI=1S/C46H34N4/c1-4-14-31(15-5-1)40-30-41(32-16-6-2-7-17-32)48-46(47-40)50-43-23-13-11-21-37(43)39-29-34(25-27-45(39)50)33-24-26-44-38(28-33)36-20-10-12-22-42(36)49(44)35-18-8-3-9-19-35/h1-30,39-40,45H,(H,47,48). The fourth-order valence-electron chi connectivity index (χ4n) is 8.05. The van der Waals surface area contributed by atoms with Crippen LogP contribution in [-0.4, -0.2) is 16.6 Å². The first kappa shape index (κ1) is 28.6. The van der Waals surface area contributed by atoms with Crippen LogP contribution in [0.5, 0.6) is 0 Å². The monoisotopic (exact) mass is 642 g/mol. The number of benzene rings is 6. The zero-order chi connectivity index (χ0) is 33.0. The van der Waals surface area contributed by atoms with Crippen LogP contribution < -0.4 is 10.2 Å². The number of nitrogens with one attached hydrogen (secondary N) is 1. The predicted octanol–water partition coefficient (Wildman–Crippen LogP) is 10.5. The number of hydrogen-bond acceptors (Lipinski definition) is 3. The minimum absolute atomic E-state index is 0.0951. The second kappa shape index (κ2) is 11.6. The number of fused-ring (bicyclic) bond motifs is 6. The predicted molar refractivity (Wildman–Crippen MR) is 208 cm³/mol. The molecule has 10 rings (SSSR count). The van der Waals surface area contributed by atoms with Crippen molar-refractivity contribution in [1.29, 1.82) is 0 Å². The molecule has 0 fully saturated rings. The van der Waals surface area contributed by atoms with Gasteiger partial charge in [-0.05, 0) is 70.3 Å². The van der Waals surface area contributed by atoms with Crippen LogP contribution >= 0.6 is 0 Å². The molecule has 4 heteroatoms. The molecule has 1 aromatic heterocycles. The topological polar surface area (TPSA) is 32.6 Å². The molecule has 7 aromatic rings. The molecule has 0 saturated carbocycles. The molecule has 4 nitrogen and oxygen atoms in total. The third kappa shape index (κ3) is 4.64. The Labute approximate surface area is 291 Å². The molecule has 0 radical (unpaired) electrons. The van der Waals surface area contributed by atoms with Crippen LogP contribution in [0.1, 0.15) is 34.2 Å². The number of rotatable bonds is 4. The Balaban J connectivity index is 1.05. The molecule has 6 aromatic carbocycles. The third-order valence-electron chi connectivity index (χ3n) is 10.4. The van der Waals surface area contributed by atoms with Gasteiger partial charge in [0.05, 0.1) is 23.1 Å². The molecule has 2 aliphatic heterocycles. The summed E-state index contributed by atoms with van der Waals surface area (Å²) < 4.78 is 2.37. The highest BCUT2D eigenvalue weighted by molar-refractivity contribution is 6.10. The number of aliphatic imine (C=N–C) groups is 1. The Kier molecular flexibility index (Phi) is 6.66. The van der Waals surface area contributed by atoms with Crippen LogP contribution in [0.3, 0.4) is 0 Å². The van der Waals surface area contributed by atoms with Crippen molar-refractivity contribution in [1.82, 2.24) is 9.88 Å².